The van der Waals surface area contributed by atoms with E-state index in [1.807, 2.05) is 13.2 Å². The van der Waals surface area contributed by atoms with Crippen LogP contribution in [0.15, 0.2) is 4.99 Å². The lowest BCUT2D eigenvalue weighted by Gasteiger charge is -2.33. The van der Waals surface area contributed by atoms with Crippen LogP contribution in [0.3, 0.4) is 0 Å². The van der Waals surface area contributed by atoms with Gasteiger partial charge in [-0.15, -0.1) is 0 Å². The molecule has 2 heterocycles. The van der Waals surface area contributed by atoms with Crippen LogP contribution in [-0.4, -0.2) is 232 Å². The van der Waals surface area contributed by atoms with Crippen LogP contribution in [0.4, 0.5) is 0 Å². The van der Waals surface area contributed by atoms with Crippen molar-refractivity contribution in [3.05, 3.63) is 0 Å². The van der Waals surface area contributed by atoms with Crippen molar-refractivity contribution in [1.29, 1.82) is 0 Å². The Hall–Kier alpha value is -7.92. The fourth-order valence-corrected chi connectivity index (χ4v) is 11.5. The number of rotatable bonds is 44. The topological polar surface area (TPSA) is 549 Å². The molecule has 0 aromatic heterocycles. The smallest absolute Gasteiger partial charge is 0.326 e. The van der Waals surface area contributed by atoms with Crippen LogP contribution in [0.25, 0.3) is 0 Å². The van der Waals surface area contributed by atoms with Crippen molar-refractivity contribution < 1.29 is 77.3 Å². The summed E-state index contributed by atoms with van der Waals surface area (Å²) in [6.07, 6.45) is 2.78. The van der Waals surface area contributed by atoms with E-state index in [9.17, 15) is 77.3 Å². The number of nitrogens with one attached hydrogen (secondary N) is 10. The quantitative estimate of drug-likeness (QED) is 0.0156. The number of thioether (sulfide) groups is 1. The van der Waals surface area contributed by atoms with Gasteiger partial charge in [0.05, 0.1) is 25.1 Å². The van der Waals surface area contributed by atoms with Gasteiger partial charge in [0.15, 0.2) is 5.96 Å². The highest BCUT2D eigenvalue weighted by Gasteiger charge is 2.44. The second-order valence-corrected chi connectivity index (χ2v) is 27.1. The third-order valence-electron chi connectivity index (χ3n) is 17.2. The summed E-state index contributed by atoms with van der Waals surface area (Å²) < 4.78 is 0. The molecule has 556 valence electrons. The van der Waals surface area contributed by atoms with Gasteiger partial charge in [-0.25, -0.2) is 4.79 Å². The van der Waals surface area contributed by atoms with Crippen LogP contribution in [0.5, 0.6) is 0 Å². The molecule has 35 heteroatoms. The molecular formula is C63H112N18O16S. The number of carbonyl (C=O) groups excluding carboxylic acids is 13. The molecule has 0 spiro atoms. The molecule has 0 aromatic carbocycles. The molecule has 15 atom stereocenters. The Morgan fingerprint density at radius 1 is 0.561 bits per heavy atom. The van der Waals surface area contributed by atoms with E-state index in [1.165, 1.54) is 35.4 Å². The van der Waals surface area contributed by atoms with E-state index in [2.05, 4.69) is 58.2 Å². The number of carbonyl (C=O) groups is 14. The first-order valence-electron chi connectivity index (χ1n) is 33.9. The normalized spacial score (nSPS) is 18.4. The van der Waals surface area contributed by atoms with Gasteiger partial charge in [0.25, 0.3) is 0 Å². The molecule has 34 nitrogen and oxygen atoms in total. The number of amides is 13. The summed E-state index contributed by atoms with van der Waals surface area (Å²) in [6, 6.07) is -15.5. The van der Waals surface area contributed by atoms with Crippen molar-refractivity contribution in [2.45, 2.75) is 238 Å². The molecular weight excluding hydrogens is 1300 g/mol. The lowest BCUT2D eigenvalue weighted by atomic mass is 9.96. The van der Waals surface area contributed by atoms with Crippen molar-refractivity contribution in [2.75, 3.05) is 44.7 Å². The molecule has 2 aliphatic heterocycles. The zero-order chi connectivity index (χ0) is 74.3. The number of hydrogen-bond acceptors (Lipinski definition) is 19. The number of aliphatic hydroxyl groups is 1. The molecule has 0 saturated carbocycles. The molecule has 0 bridgehead atoms. The zero-order valence-corrected chi connectivity index (χ0v) is 59.5. The summed E-state index contributed by atoms with van der Waals surface area (Å²) in [6.45, 7) is 16.3. The van der Waals surface area contributed by atoms with Crippen LogP contribution in [0, 0.1) is 23.7 Å². The van der Waals surface area contributed by atoms with Crippen molar-refractivity contribution >= 4 is 100 Å². The van der Waals surface area contributed by atoms with Gasteiger partial charge in [-0.05, 0) is 127 Å². The maximum atomic E-state index is 14.6. The van der Waals surface area contributed by atoms with E-state index in [-0.39, 0.29) is 76.6 Å². The number of aliphatic carboxylic acids is 1. The van der Waals surface area contributed by atoms with Gasteiger partial charge >= 0.3 is 5.97 Å². The summed E-state index contributed by atoms with van der Waals surface area (Å²) in [5.74, 6) is -13.2. The Morgan fingerprint density at radius 3 is 1.62 bits per heavy atom. The van der Waals surface area contributed by atoms with Crippen molar-refractivity contribution in [3.8, 4) is 0 Å². The third-order valence-corrected chi connectivity index (χ3v) is 17.9. The molecule has 22 N–H and O–H groups in total. The highest BCUT2D eigenvalue weighted by molar-refractivity contribution is 7.98. The Morgan fingerprint density at radius 2 is 1.08 bits per heavy atom. The molecule has 2 saturated heterocycles. The van der Waals surface area contributed by atoms with Crippen LogP contribution < -0.4 is 81.8 Å². The van der Waals surface area contributed by atoms with Gasteiger partial charge in [-0.2, -0.15) is 11.8 Å². The first-order chi connectivity index (χ1) is 46.0. The van der Waals surface area contributed by atoms with Crippen molar-refractivity contribution in [3.63, 3.8) is 0 Å². The SMILES string of the molecule is CC[C@H](C)[C@H](NC(=O)[C@@H](N)CCSC)C(=O)N[C@H](C(=O)N[C@@H](CC(C)C)C(=O)N[C@@H](C)C(=O)N[C@H](C(=O)N1CCC[C@H]1C(=O)N[C@H](C(=O)N[C@@H](CC(N)=O)C(=O)N[C@@H](CCCCN)C(=O)N1CCC[C@H]1C(=O)NCC(=O)N[C@@H](CCCN=C(N)N)C(=O)O)C(C)C)[C@@H](C)CC)[C@@H](C)O. The van der Waals surface area contributed by atoms with Gasteiger partial charge in [0.2, 0.25) is 76.8 Å². The molecule has 13 amide bonds. The number of hydrogen-bond donors (Lipinski definition) is 17. The van der Waals surface area contributed by atoms with Gasteiger partial charge in [0, 0.05) is 19.6 Å². The largest absolute Gasteiger partial charge is 0.480 e. The van der Waals surface area contributed by atoms with E-state index in [1.54, 1.807) is 48.5 Å². The average molecular weight is 1410 g/mol. The van der Waals surface area contributed by atoms with Crippen LogP contribution in [0.2, 0.25) is 0 Å². The van der Waals surface area contributed by atoms with Crippen LogP contribution in [0.1, 0.15) is 159 Å². The second kappa shape index (κ2) is 43.5. The number of guanidine groups is 1. The third kappa shape index (κ3) is 28.5. The number of primary amides is 1. The number of carboxylic acid groups (broad SMARTS) is 1. The van der Waals surface area contributed by atoms with E-state index in [4.69, 9.17) is 28.7 Å². The first-order valence-corrected chi connectivity index (χ1v) is 35.2. The van der Waals surface area contributed by atoms with Crippen molar-refractivity contribution in [2.24, 2.45) is 57.3 Å². The summed E-state index contributed by atoms with van der Waals surface area (Å²) in [5, 5.41) is 46.1. The minimum absolute atomic E-state index is 0.00218. The summed E-state index contributed by atoms with van der Waals surface area (Å²) >= 11 is 1.50. The van der Waals surface area contributed by atoms with E-state index in [0.29, 0.717) is 50.7 Å². The highest BCUT2D eigenvalue weighted by atomic mass is 32.2. The van der Waals surface area contributed by atoms with Gasteiger partial charge in [-0.3, -0.25) is 67.3 Å². The first kappa shape index (κ1) is 86.2. The summed E-state index contributed by atoms with van der Waals surface area (Å²) in [5.41, 5.74) is 28.0. The number of likely N-dealkylation sites (tertiary alicyclic amines) is 2. The lowest BCUT2D eigenvalue weighted by molar-refractivity contribution is -0.144. The van der Waals surface area contributed by atoms with E-state index in [0.717, 1.165) is 0 Å². The second-order valence-electron chi connectivity index (χ2n) is 26.1. The predicted octanol–water partition coefficient (Wildman–Crippen LogP) is -4.13. The highest BCUT2D eigenvalue weighted by Crippen LogP contribution is 2.24. The fraction of sp³-hybridized carbons (Fsp3) is 0.762. The fourth-order valence-electron chi connectivity index (χ4n) is 11.0. The molecule has 0 unspecified atom stereocenters. The predicted molar refractivity (Wildman–Crippen MR) is 366 cm³/mol. The standard InChI is InChI=1S/C63H112N18O16S/c1-12-34(7)48(77-52(86)38(65)23-28-98-11)58(92)79-50(37(10)82)59(93)74-41(29-32(3)4)53(87)71-36(9)51(85)78-49(35(8)13-2)61(95)81-27-18-22-44(81)56(90)76-47(33(5)6)57(91)75-42(30-45(66)83)54(88)73-39(19-14-15-24-64)60(94)80-26-17-21-43(80)55(89)70-31-46(84)72-40(62(96)97)20-16-25-69-63(67)68/h32-44,47-50,82H,12-31,64-65H2,1-11H3,(H2,66,83)(H,70,89)(H,71,87)(H,72,84)(H,73,88)(H,74,93)(H,75,91)(H,76,90)(H,77,86)(H,78,85)(H,79,92)(H,96,97)(H4,67,68,69)/t34-,35-,36-,37+,38-,39-,40-,41-,42-,43-,44-,47-,48-,49-,50-/m0/s1. The lowest BCUT2D eigenvalue weighted by Crippen LogP contribution is -2.62. The number of aliphatic hydroxyl groups excluding tert-OH is 1. The van der Waals surface area contributed by atoms with Gasteiger partial charge < -0.3 is 102 Å². The molecule has 0 aromatic rings. The molecule has 0 aliphatic carbocycles. The molecule has 2 aliphatic rings. The summed E-state index contributed by atoms with van der Waals surface area (Å²) in [4.78, 5) is 197. The average Bonchev–Trinajstić information content (AvgIpc) is 1.60. The molecule has 2 rings (SSSR count). The Kier molecular flexibility index (Phi) is 38.2. The van der Waals surface area contributed by atoms with E-state index >= 15 is 0 Å². The number of nitrogens with zero attached hydrogens (tertiary/aromatic N) is 3. The molecule has 0 radical (unpaired) electrons. The van der Waals surface area contributed by atoms with Gasteiger partial charge in [-0.1, -0.05) is 68.2 Å². The van der Waals surface area contributed by atoms with Gasteiger partial charge in [0.1, 0.15) is 66.5 Å². The Labute approximate surface area is 578 Å². The maximum absolute atomic E-state index is 14.6. The minimum Gasteiger partial charge on any atom is -0.480 e. The minimum atomic E-state index is -1.70. The Bertz CT molecular complexity index is 2760. The monoisotopic (exact) mass is 1410 g/mol. The molecule has 98 heavy (non-hydrogen) atoms. The maximum Gasteiger partial charge on any atom is 0.326 e. The zero-order valence-electron chi connectivity index (χ0n) is 58.7. The number of carboxylic acids is 1. The number of nitrogens with two attached hydrogens (primary N) is 5. The molecule has 2 fully saturated rings. The number of aliphatic imine (C=N–C) groups is 1. The summed E-state index contributed by atoms with van der Waals surface area (Å²) in [7, 11) is 0. The Balaban J connectivity index is 2.29. The van der Waals surface area contributed by atoms with E-state index < -0.39 is 192 Å². The van der Waals surface area contributed by atoms with Crippen LogP contribution in [-0.2, 0) is 67.1 Å². The van der Waals surface area contributed by atoms with Crippen molar-refractivity contribution in [1.82, 2.24) is 63.0 Å². The van der Waals surface area contributed by atoms with Crippen LogP contribution >= 0.6 is 11.8 Å². The number of unbranched alkanes of at least 4 members (excludes halogenated alkanes) is 1.